The predicted molar refractivity (Wildman–Crippen MR) is 132 cm³/mol. The molecule has 0 amide bonds. The van der Waals surface area contributed by atoms with Gasteiger partial charge in [-0.05, 0) is 48.5 Å². The van der Waals surface area contributed by atoms with Crippen molar-refractivity contribution >= 4 is 53.4 Å². The molecule has 0 bridgehead atoms. The van der Waals surface area contributed by atoms with Crippen molar-refractivity contribution in [2.45, 2.75) is 0 Å². The zero-order valence-corrected chi connectivity index (χ0v) is 17.8. The summed E-state index contributed by atoms with van der Waals surface area (Å²) in [6, 6.07) is 27.3. The maximum absolute atomic E-state index is 5.01. The number of rotatable bonds is 2. The molecular weight excluding hydrogens is 412 g/mol. The highest BCUT2D eigenvalue weighted by atomic mass is 32.1. The normalized spacial score (nSPS) is 11.8. The molecule has 0 radical (unpaired) electrons. The van der Waals surface area contributed by atoms with Crippen molar-refractivity contribution < 1.29 is 0 Å². The predicted octanol–water partition coefficient (Wildman–Crippen LogP) is 7.00. The fourth-order valence-corrected chi connectivity index (χ4v) is 5.81. The fourth-order valence-electron chi connectivity index (χ4n) is 4.56. The molecule has 0 unspecified atom stereocenters. The highest BCUT2D eigenvalue weighted by molar-refractivity contribution is 7.26. The number of fused-ring (bicyclic) bond motifs is 7. The molecule has 32 heavy (non-hydrogen) atoms. The van der Waals surface area contributed by atoms with Crippen molar-refractivity contribution in [3.05, 3.63) is 97.5 Å². The van der Waals surface area contributed by atoms with Gasteiger partial charge in [0.15, 0.2) is 0 Å². The highest BCUT2D eigenvalue weighted by Gasteiger charge is 2.18. The molecule has 0 saturated heterocycles. The standard InChI is InChI=1S/C27H16N4S/c1-2-10-23-18(7-1)19-12-13-21-25(27(19)32-23)26-22(9-5-15-29-26)31(21)24-11-3-8-20(30-24)17-6-4-14-28-16-17/h1-16H. The minimum absolute atomic E-state index is 0.875. The van der Waals surface area contributed by atoms with Crippen LogP contribution < -0.4 is 0 Å². The first-order chi connectivity index (χ1) is 15.9. The molecule has 0 saturated carbocycles. The fraction of sp³-hybridized carbons (Fsp3) is 0. The van der Waals surface area contributed by atoms with E-state index in [-0.39, 0.29) is 0 Å². The molecule has 5 aromatic heterocycles. The number of nitrogens with zero attached hydrogens (tertiary/aromatic N) is 4. The van der Waals surface area contributed by atoms with Crippen LogP contribution in [0.3, 0.4) is 0 Å². The molecule has 5 heterocycles. The summed E-state index contributed by atoms with van der Waals surface area (Å²) in [5, 5.41) is 3.76. The van der Waals surface area contributed by atoms with Gasteiger partial charge in [-0.3, -0.25) is 14.5 Å². The molecule has 150 valence electrons. The zero-order chi connectivity index (χ0) is 21.1. The molecule has 0 aliphatic rings. The van der Waals surface area contributed by atoms with Gasteiger partial charge in [0.2, 0.25) is 0 Å². The molecule has 0 spiro atoms. The lowest BCUT2D eigenvalue weighted by molar-refractivity contribution is 1.08. The Morgan fingerprint density at radius 2 is 1.66 bits per heavy atom. The van der Waals surface area contributed by atoms with Gasteiger partial charge in [-0.15, -0.1) is 11.3 Å². The molecule has 0 aliphatic heterocycles. The maximum Gasteiger partial charge on any atom is 0.138 e. The Morgan fingerprint density at radius 1 is 0.719 bits per heavy atom. The Labute approximate surface area is 187 Å². The highest BCUT2D eigenvalue weighted by Crippen LogP contribution is 2.42. The third kappa shape index (κ3) is 2.46. The number of aromatic nitrogens is 4. The summed E-state index contributed by atoms with van der Waals surface area (Å²) >= 11 is 1.83. The second kappa shape index (κ2) is 6.70. The lowest BCUT2D eigenvalue weighted by atomic mass is 10.1. The Kier molecular flexibility index (Phi) is 3.68. The van der Waals surface area contributed by atoms with Crippen LogP contribution in [0.4, 0.5) is 0 Å². The number of benzene rings is 2. The summed E-state index contributed by atoms with van der Waals surface area (Å²) in [4.78, 5) is 14.1. The van der Waals surface area contributed by atoms with Crippen LogP contribution in [-0.2, 0) is 0 Å². The van der Waals surface area contributed by atoms with Crippen molar-refractivity contribution in [3.63, 3.8) is 0 Å². The first-order valence-corrected chi connectivity index (χ1v) is 11.3. The first kappa shape index (κ1) is 17.6. The Morgan fingerprint density at radius 3 is 2.59 bits per heavy atom. The second-order valence-corrected chi connectivity index (χ2v) is 8.82. The van der Waals surface area contributed by atoms with Gasteiger partial charge < -0.3 is 0 Å². The minimum atomic E-state index is 0.875. The number of pyridine rings is 3. The van der Waals surface area contributed by atoms with Gasteiger partial charge in [-0.25, -0.2) is 4.98 Å². The molecule has 5 heteroatoms. The summed E-state index contributed by atoms with van der Waals surface area (Å²) in [5.74, 6) is 0.875. The van der Waals surface area contributed by atoms with Crippen molar-refractivity contribution in [1.29, 1.82) is 0 Å². The third-order valence-electron chi connectivity index (χ3n) is 5.95. The zero-order valence-electron chi connectivity index (χ0n) is 16.9. The van der Waals surface area contributed by atoms with E-state index in [2.05, 4.69) is 64.1 Å². The van der Waals surface area contributed by atoms with E-state index in [9.17, 15) is 0 Å². The van der Waals surface area contributed by atoms with Crippen molar-refractivity contribution in [1.82, 2.24) is 19.5 Å². The van der Waals surface area contributed by atoms with Crippen molar-refractivity contribution in [2.24, 2.45) is 0 Å². The molecule has 0 aliphatic carbocycles. The summed E-state index contributed by atoms with van der Waals surface area (Å²) in [6.07, 6.45) is 5.50. The van der Waals surface area contributed by atoms with Crippen LogP contribution >= 0.6 is 11.3 Å². The number of thiophene rings is 1. The molecule has 7 rings (SSSR count). The van der Waals surface area contributed by atoms with Gasteiger partial charge in [0, 0.05) is 49.7 Å². The molecule has 4 nitrogen and oxygen atoms in total. The lowest BCUT2D eigenvalue weighted by Gasteiger charge is -2.09. The number of hydrogen-bond donors (Lipinski definition) is 0. The summed E-state index contributed by atoms with van der Waals surface area (Å²) in [6.45, 7) is 0. The second-order valence-electron chi connectivity index (χ2n) is 7.76. The van der Waals surface area contributed by atoms with Crippen LogP contribution in [-0.4, -0.2) is 19.5 Å². The Bertz CT molecular complexity index is 1780. The monoisotopic (exact) mass is 428 g/mol. The van der Waals surface area contributed by atoms with Gasteiger partial charge in [-0.2, -0.15) is 0 Å². The first-order valence-electron chi connectivity index (χ1n) is 10.5. The largest absolute Gasteiger partial charge is 0.292 e. The molecular formula is C27H16N4S. The van der Waals surface area contributed by atoms with Crippen LogP contribution in [0.25, 0.3) is 59.2 Å². The smallest absolute Gasteiger partial charge is 0.138 e. The minimum Gasteiger partial charge on any atom is -0.292 e. The van der Waals surface area contributed by atoms with E-state index >= 15 is 0 Å². The van der Waals surface area contributed by atoms with Crippen LogP contribution in [0.2, 0.25) is 0 Å². The quantitative estimate of drug-likeness (QED) is 0.298. The maximum atomic E-state index is 5.01. The van der Waals surface area contributed by atoms with Crippen LogP contribution in [0.15, 0.2) is 97.5 Å². The number of hydrogen-bond acceptors (Lipinski definition) is 4. The molecule has 2 aromatic carbocycles. The van der Waals surface area contributed by atoms with E-state index in [1.54, 1.807) is 6.20 Å². The summed E-state index contributed by atoms with van der Waals surface area (Å²) in [5.41, 5.74) is 5.09. The topological polar surface area (TPSA) is 43.6 Å². The van der Waals surface area contributed by atoms with E-state index in [1.807, 2.05) is 48.0 Å². The van der Waals surface area contributed by atoms with E-state index in [0.29, 0.717) is 0 Å². The molecule has 0 fully saturated rings. The molecule has 0 atom stereocenters. The Balaban J connectivity index is 1.59. The van der Waals surface area contributed by atoms with Gasteiger partial charge in [0.1, 0.15) is 5.82 Å². The third-order valence-corrected chi connectivity index (χ3v) is 7.15. The van der Waals surface area contributed by atoms with Crippen molar-refractivity contribution in [3.8, 4) is 17.1 Å². The average Bonchev–Trinajstić information content (AvgIpc) is 3.40. The van der Waals surface area contributed by atoms with Gasteiger partial charge >= 0.3 is 0 Å². The van der Waals surface area contributed by atoms with E-state index in [4.69, 9.17) is 9.97 Å². The van der Waals surface area contributed by atoms with Crippen molar-refractivity contribution in [2.75, 3.05) is 0 Å². The average molecular weight is 429 g/mol. The van der Waals surface area contributed by atoms with Crippen LogP contribution in [0.5, 0.6) is 0 Å². The van der Waals surface area contributed by atoms with Gasteiger partial charge in [0.05, 0.1) is 22.2 Å². The molecule has 0 N–H and O–H groups in total. The SMILES string of the molecule is c1cncc(-c2cccc(-n3c4cccnc4c4c5sc6ccccc6c5ccc43)n2)c1. The Hall–Kier alpha value is -4.09. The van der Waals surface area contributed by atoms with Crippen LogP contribution in [0, 0.1) is 0 Å². The summed E-state index contributed by atoms with van der Waals surface area (Å²) in [7, 11) is 0. The van der Waals surface area contributed by atoms with E-state index in [0.717, 1.165) is 33.6 Å². The van der Waals surface area contributed by atoms with E-state index in [1.165, 1.54) is 25.6 Å². The molecule has 7 aromatic rings. The van der Waals surface area contributed by atoms with Gasteiger partial charge in [0.25, 0.3) is 0 Å². The summed E-state index contributed by atoms with van der Waals surface area (Å²) < 4.78 is 4.79. The van der Waals surface area contributed by atoms with E-state index < -0.39 is 0 Å². The van der Waals surface area contributed by atoms with Crippen LogP contribution in [0.1, 0.15) is 0 Å². The lowest BCUT2D eigenvalue weighted by Crippen LogP contribution is -1.98. The van der Waals surface area contributed by atoms with Gasteiger partial charge in [-0.1, -0.05) is 30.3 Å².